The van der Waals surface area contributed by atoms with Crippen LogP contribution in [0.3, 0.4) is 0 Å². The molecule has 2 atom stereocenters. The average Bonchev–Trinajstić information content (AvgIpc) is 2.48. The van der Waals surface area contributed by atoms with Crippen molar-refractivity contribution in [2.75, 3.05) is 0 Å². The third-order valence-corrected chi connectivity index (χ3v) is 5.21. The lowest BCUT2D eigenvalue weighted by Gasteiger charge is -2.44. The Morgan fingerprint density at radius 3 is 2.06 bits per heavy atom. The van der Waals surface area contributed by atoms with Gasteiger partial charge >= 0.3 is 0 Å². The number of rotatable bonds is 2. The van der Waals surface area contributed by atoms with Crippen LogP contribution in [0.2, 0.25) is 0 Å². The number of ether oxygens (including phenoxy) is 1. The SMILES string of the molecule is CC1(C)CC(C(C)(O)C2CCCCC2)C(C)(C)O1. The lowest BCUT2D eigenvalue weighted by Crippen LogP contribution is -2.50. The molecule has 0 aromatic carbocycles. The lowest BCUT2D eigenvalue weighted by molar-refractivity contribution is -0.130. The zero-order valence-electron chi connectivity index (χ0n) is 12.8. The Hall–Kier alpha value is -0.0800. The predicted molar refractivity (Wildman–Crippen MR) is 74.5 cm³/mol. The van der Waals surface area contributed by atoms with E-state index in [9.17, 15) is 5.11 Å². The van der Waals surface area contributed by atoms with Crippen LogP contribution in [0.25, 0.3) is 0 Å². The highest BCUT2D eigenvalue weighted by atomic mass is 16.5. The Kier molecular flexibility index (Phi) is 3.57. The molecule has 2 fully saturated rings. The molecule has 0 bridgehead atoms. The molecule has 1 saturated carbocycles. The van der Waals surface area contributed by atoms with E-state index in [4.69, 9.17) is 4.74 Å². The minimum atomic E-state index is -0.586. The van der Waals surface area contributed by atoms with Crippen LogP contribution in [0.5, 0.6) is 0 Å². The first kappa shape index (κ1) is 14.3. The summed E-state index contributed by atoms with van der Waals surface area (Å²) in [7, 11) is 0. The second-order valence-electron chi connectivity index (χ2n) is 7.78. The highest BCUT2D eigenvalue weighted by Gasteiger charge is 2.55. The smallest absolute Gasteiger partial charge is 0.0704 e. The molecular formula is C16H30O2. The summed E-state index contributed by atoms with van der Waals surface area (Å²) in [6.07, 6.45) is 7.21. The Morgan fingerprint density at radius 1 is 1.06 bits per heavy atom. The Balaban J connectivity index is 2.18. The van der Waals surface area contributed by atoms with E-state index >= 15 is 0 Å². The first-order valence-corrected chi connectivity index (χ1v) is 7.58. The molecule has 0 spiro atoms. The van der Waals surface area contributed by atoms with Gasteiger partial charge in [0.25, 0.3) is 0 Å². The molecule has 1 aliphatic heterocycles. The Labute approximate surface area is 112 Å². The number of hydrogen-bond donors (Lipinski definition) is 1. The van der Waals surface area contributed by atoms with Gasteiger partial charge < -0.3 is 9.84 Å². The van der Waals surface area contributed by atoms with Gasteiger partial charge in [0.1, 0.15) is 0 Å². The van der Waals surface area contributed by atoms with Gasteiger partial charge in [-0.25, -0.2) is 0 Å². The first-order chi connectivity index (χ1) is 8.15. The molecule has 1 N–H and O–H groups in total. The van der Waals surface area contributed by atoms with Gasteiger partial charge in [0.15, 0.2) is 0 Å². The molecule has 2 rings (SSSR count). The van der Waals surface area contributed by atoms with E-state index in [0.717, 1.165) is 6.42 Å². The zero-order chi connectivity index (χ0) is 13.6. The molecule has 1 saturated heterocycles. The Bertz CT molecular complexity index is 298. The van der Waals surface area contributed by atoms with Crippen LogP contribution in [0, 0.1) is 11.8 Å². The highest BCUT2D eigenvalue weighted by molar-refractivity contribution is 5.04. The summed E-state index contributed by atoms with van der Waals surface area (Å²) in [5.74, 6) is 0.691. The van der Waals surface area contributed by atoms with Crippen molar-refractivity contribution in [3.8, 4) is 0 Å². The topological polar surface area (TPSA) is 29.5 Å². The molecule has 1 aliphatic carbocycles. The van der Waals surface area contributed by atoms with Crippen molar-refractivity contribution in [3.63, 3.8) is 0 Å². The van der Waals surface area contributed by atoms with E-state index in [0.29, 0.717) is 5.92 Å². The van der Waals surface area contributed by atoms with Crippen molar-refractivity contribution in [2.24, 2.45) is 11.8 Å². The molecule has 2 nitrogen and oxygen atoms in total. The van der Waals surface area contributed by atoms with Gasteiger partial charge in [0.05, 0.1) is 16.8 Å². The normalized spacial score (nSPS) is 35.3. The summed E-state index contributed by atoms with van der Waals surface area (Å²) < 4.78 is 6.17. The third-order valence-electron chi connectivity index (χ3n) is 5.21. The van der Waals surface area contributed by atoms with E-state index < -0.39 is 5.60 Å². The van der Waals surface area contributed by atoms with E-state index in [1.54, 1.807) is 0 Å². The van der Waals surface area contributed by atoms with Gasteiger partial charge in [0, 0.05) is 5.92 Å². The minimum Gasteiger partial charge on any atom is -0.389 e. The van der Waals surface area contributed by atoms with Crippen molar-refractivity contribution in [2.45, 2.75) is 89.9 Å². The van der Waals surface area contributed by atoms with Crippen molar-refractivity contribution in [1.29, 1.82) is 0 Å². The molecule has 0 aromatic heterocycles. The van der Waals surface area contributed by atoms with E-state index in [1.807, 2.05) is 0 Å². The van der Waals surface area contributed by atoms with Gasteiger partial charge in [-0.1, -0.05) is 19.3 Å². The maximum atomic E-state index is 11.1. The summed E-state index contributed by atoms with van der Waals surface area (Å²) in [6, 6.07) is 0. The van der Waals surface area contributed by atoms with Crippen LogP contribution in [-0.4, -0.2) is 21.9 Å². The van der Waals surface area contributed by atoms with Gasteiger partial charge in [-0.3, -0.25) is 0 Å². The summed E-state index contributed by atoms with van der Waals surface area (Å²) in [5.41, 5.74) is -0.908. The van der Waals surface area contributed by atoms with Crippen LogP contribution in [0.15, 0.2) is 0 Å². The van der Waals surface area contributed by atoms with E-state index in [1.165, 1.54) is 32.1 Å². The largest absolute Gasteiger partial charge is 0.389 e. The standard InChI is InChI=1S/C16H30O2/c1-14(2)11-13(15(3,4)18-14)16(5,17)12-9-7-6-8-10-12/h12-13,17H,6-11H2,1-5H3. The van der Waals surface area contributed by atoms with Crippen LogP contribution >= 0.6 is 0 Å². The van der Waals surface area contributed by atoms with Crippen LogP contribution in [-0.2, 0) is 4.74 Å². The summed E-state index contributed by atoms with van der Waals surface area (Å²) in [6.45, 7) is 10.6. The summed E-state index contributed by atoms with van der Waals surface area (Å²) in [4.78, 5) is 0. The maximum absolute atomic E-state index is 11.1. The van der Waals surface area contributed by atoms with Crippen LogP contribution in [0.1, 0.15) is 73.1 Å². The molecule has 0 aromatic rings. The van der Waals surface area contributed by atoms with Gasteiger partial charge in [0.2, 0.25) is 0 Å². The maximum Gasteiger partial charge on any atom is 0.0704 e. The van der Waals surface area contributed by atoms with E-state index in [-0.39, 0.29) is 17.1 Å². The van der Waals surface area contributed by atoms with Gasteiger partial charge in [-0.2, -0.15) is 0 Å². The van der Waals surface area contributed by atoms with Gasteiger partial charge in [-0.15, -0.1) is 0 Å². The number of hydrogen-bond acceptors (Lipinski definition) is 2. The third kappa shape index (κ3) is 2.60. The fourth-order valence-electron chi connectivity index (χ4n) is 4.44. The fraction of sp³-hybridized carbons (Fsp3) is 1.00. The molecule has 0 amide bonds. The second-order valence-corrected chi connectivity index (χ2v) is 7.78. The fourth-order valence-corrected chi connectivity index (χ4v) is 4.44. The lowest BCUT2D eigenvalue weighted by atomic mass is 9.66. The zero-order valence-corrected chi connectivity index (χ0v) is 12.8. The number of aliphatic hydroxyl groups is 1. The monoisotopic (exact) mass is 254 g/mol. The first-order valence-electron chi connectivity index (χ1n) is 7.58. The molecule has 2 heteroatoms. The molecule has 1 heterocycles. The van der Waals surface area contributed by atoms with E-state index in [2.05, 4.69) is 34.6 Å². The van der Waals surface area contributed by atoms with Crippen molar-refractivity contribution < 1.29 is 9.84 Å². The summed E-state index contributed by atoms with van der Waals surface area (Å²) >= 11 is 0. The van der Waals surface area contributed by atoms with Crippen LogP contribution in [0.4, 0.5) is 0 Å². The predicted octanol–water partition coefficient (Wildman–Crippen LogP) is 3.91. The molecule has 2 unspecified atom stereocenters. The molecule has 18 heavy (non-hydrogen) atoms. The Morgan fingerprint density at radius 2 is 1.61 bits per heavy atom. The highest BCUT2D eigenvalue weighted by Crippen LogP contribution is 2.51. The van der Waals surface area contributed by atoms with Gasteiger partial charge in [-0.05, 0) is 59.8 Å². The van der Waals surface area contributed by atoms with Crippen molar-refractivity contribution in [1.82, 2.24) is 0 Å². The minimum absolute atomic E-state index is 0.104. The second kappa shape index (κ2) is 4.49. The van der Waals surface area contributed by atoms with Crippen molar-refractivity contribution in [3.05, 3.63) is 0 Å². The molecular weight excluding hydrogens is 224 g/mol. The summed E-state index contributed by atoms with van der Waals surface area (Å²) in [5, 5.41) is 11.1. The molecule has 0 radical (unpaired) electrons. The molecule has 106 valence electrons. The quantitative estimate of drug-likeness (QED) is 0.809. The van der Waals surface area contributed by atoms with Crippen LogP contribution < -0.4 is 0 Å². The average molecular weight is 254 g/mol. The molecule has 2 aliphatic rings. The van der Waals surface area contributed by atoms with Crippen molar-refractivity contribution >= 4 is 0 Å².